The number of aryl methyl sites for hydroxylation is 2. The SMILES string of the molecule is Cc1ccc2ccn(CCCC(=O)O)c2c1. The summed E-state index contributed by atoms with van der Waals surface area (Å²) < 4.78 is 2.12. The fraction of sp³-hybridized carbons (Fsp3) is 0.308. The molecule has 0 bridgehead atoms. The van der Waals surface area contributed by atoms with E-state index in [4.69, 9.17) is 5.11 Å². The second-order valence-electron chi connectivity index (χ2n) is 4.07. The van der Waals surface area contributed by atoms with Gasteiger partial charge in [0.2, 0.25) is 0 Å². The number of benzene rings is 1. The van der Waals surface area contributed by atoms with Gasteiger partial charge >= 0.3 is 5.97 Å². The van der Waals surface area contributed by atoms with Gasteiger partial charge in [0.1, 0.15) is 0 Å². The molecule has 0 atom stereocenters. The van der Waals surface area contributed by atoms with Gasteiger partial charge in [0.25, 0.3) is 0 Å². The van der Waals surface area contributed by atoms with Gasteiger partial charge in [-0.3, -0.25) is 4.79 Å². The first-order chi connectivity index (χ1) is 7.66. The van der Waals surface area contributed by atoms with Gasteiger partial charge in [0.15, 0.2) is 0 Å². The largest absolute Gasteiger partial charge is 0.481 e. The number of aromatic nitrogens is 1. The van der Waals surface area contributed by atoms with Crippen molar-refractivity contribution in [2.24, 2.45) is 0 Å². The van der Waals surface area contributed by atoms with Gasteiger partial charge in [-0.2, -0.15) is 0 Å². The molecule has 3 heteroatoms. The summed E-state index contributed by atoms with van der Waals surface area (Å²) in [6.07, 6.45) is 2.92. The van der Waals surface area contributed by atoms with Crippen LogP contribution in [-0.2, 0) is 11.3 Å². The monoisotopic (exact) mass is 217 g/mol. The molecule has 0 saturated heterocycles. The van der Waals surface area contributed by atoms with Gasteiger partial charge in [-0.05, 0) is 36.4 Å². The topological polar surface area (TPSA) is 42.2 Å². The van der Waals surface area contributed by atoms with Crippen LogP contribution in [0.5, 0.6) is 0 Å². The minimum atomic E-state index is -0.729. The Morgan fingerprint density at radius 1 is 1.38 bits per heavy atom. The molecule has 0 fully saturated rings. The third kappa shape index (κ3) is 2.24. The molecule has 2 rings (SSSR count). The van der Waals surface area contributed by atoms with Gasteiger partial charge in [0.05, 0.1) is 0 Å². The van der Waals surface area contributed by atoms with E-state index < -0.39 is 5.97 Å². The molecule has 2 aromatic rings. The second kappa shape index (κ2) is 4.39. The summed E-state index contributed by atoms with van der Waals surface area (Å²) in [5.74, 6) is -0.729. The van der Waals surface area contributed by atoms with E-state index in [2.05, 4.69) is 35.8 Å². The first kappa shape index (κ1) is 10.7. The molecule has 1 N–H and O–H groups in total. The number of fused-ring (bicyclic) bond motifs is 1. The van der Waals surface area contributed by atoms with Crippen LogP contribution in [0.25, 0.3) is 10.9 Å². The zero-order chi connectivity index (χ0) is 11.5. The molecule has 1 heterocycles. The molecule has 0 aliphatic rings. The van der Waals surface area contributed by atoms with Crippen LogP contribution in [0.3, 0.4) is 0 Å². The number of carbonyl (C=O) groups is 1. The van der Waals surface area contributed by atoms with E-state index in [9.17, 15) is 4.79 Å². The van der Waals surface area contributed by atoms with Crippen molar-refractivity contribution in [3.05, 3.63) is 36.0 Å². The van der Waals surface area contributed by atoms with E-state index in [1.54, 1.807) is 0 Å². The lowest BCUT2D eigenvalue weighted by molar-refractivity contribution is -0.137. The van der Waals surface area contributed by atoms with Gasteiger partial charge in [-0.1, -0.05) is 12.1 Å². The maximum absolute atomic E-state index is 10.4. The molecule has 0 aliphatic heterocycles. The quantitative estimate of drug-likeness (QED) is 0.855. The van der Waals surface area contributed by atoms with Gasteiger partial charge < -0.3 is 9.67 Å². The van der Waals surface area contributed by atoms with Crippen molar-refractivity contribution >= 4 is 16.9 Å². The first-order valence-electron chi connectivity index (χ1n) is 5.44. The summed E-state index contributed by atoms with van der Waals surface area (Å²) in [5, 5.41) is 9.80. The van der Waals surface area contributed by atoms with Crippen LogP contribution in [0.1, 0.15) is 18.4 Å². The lowest BCUT2D eigenvalue weighted by Crippen LogP contribution is -2.00. The summed E-state index contributed by atoms with van der Waals surface area (Å²) in [5.41, 5.74) is 2.41. The molecule has 0 saturated carbocycles. The molecule has 0 radical (unpaired) electrons. The minimum absolute atomic E-state index is 0.228. The average Bonchev–Trinajstić information content (AvgIpc) is 2.60. The fourth-order valence-corrected chi connectivity index (χ4v) is 1.89. The number of hydrogen-bond acceptors (Lipinski definition) is 1. The van der Waals surface area contributed by atoms with Gasteiger partial charge in [-0.25, -0.2) is 0 Å². The van der Waals surface area contributed by atoms with E-state index >= 15 is 0 Å². The van der Waals surface area contributed by atoms with Gasteiger partial charge in [0, 0.05) is 24.7 Å². The van der Waals surface area contributed by atoms with Crippen LogP contribution >= 0.6 is 0 Å². The van der Waals surface area contributed by atoms with Crippen LogP contribution in [0.15, 0.2) is 30.5 Å². The average molecular weight is 217 g/mol. The van der Waals surface area contributed by atoms with Crippen molar-refractivity contribution in [2.45, 2.75) is 26.3 Å². The van der Waals surface area contributed by atoms with Crippen LogP contribution in [0.2, 0.25) is 0 Å². The summed E-state index contributed by atoms with van der Waals surface area (Å²) in [7, 11) is 0. The molecular weight excluding hydrogens is 202 g/mol. The summed E-state index contributed by atoms with van der Waals surface area (Å²) in [4.78, 5) is 10.4. The Bertz CT molecular complexity index is 514. The normalized spacial score (nSPS) is 10.8. The molecule has 3 nitrogen and oxygen atoms in total. The van der Waals surface area contributed by atoms with Crippen molar-refractivity contribution in [2.75, 3.05) is 0 Å². The Balaban J connectivity index is 2.17. The van der Waals surface area contributed by atoms with E-state index in [1.165, 1.54) is 16.5 Å². The number of rotatable bonds is 4. The zero-order valence-corrected chi connectivity index (χ0v) is 9.31. The third-order valence-electron chi connectivity index (χ3n) is 2.72. The molecule has 0 spiro atoms. The highest BCUT2D eigenvalue weighted by Crippen LogP contribution is 2.17. The second-order valence-corrected chi connectivity index (χ2v) is 4.07. The summed E-state index contributed by atoms with van der Waals surface area (Å²) in [6, 6.07) is 8.38. The Morgan fingerprint density at radius 3 is 2.94 bits per heavy atom. The number of carboxylic acid groups (broad SMARTS) is 1. The molecule has 16 heavy (non-hydrogen) atoms. The molecule has 0 aliphatic carbocycles. The van der Waals surface area contributed by atoms with E-state index in [0.29, 0.717) is 6.42 Å². The summed E-state index contributed by atoms with van der Waals surface area (Å²) >= 11 is 0. The standard InChI is InChI=1S/C13H15NO2/c1-10-4-5-11-6-8-14(12(11)9-10)7-2-3-13(15)16/h4-6,8-9H,2-3,7H2,1H3,(H,15,16). The molecule has 0 amide bonds. The first-order valence-corrected chi connectivity index (χ1v) is 5.44. The highest BCUT2D eigenvalue weighted by atomic mass is 16.4. The predicted molar refractivity (Wildman–Crippen MR) is 63.5 cm³/mol. The van der Waals surface area contributed by atoms with E-state index in [0.717, 1.165) is 6.54 Å². The van der Waals surface area contributed by atoms with Gasteiger partial charge in [-0.15, -0.1) is 0 Å². The maximum atomic E-state index is 10.4. The lowest BCUT2D eigenvalue weighted by Gasteiger charge is -2.04. The lowest BCUT2D eigenvalue weighted by atomic mass is 10.2. The van der Waals surface area contributed by atoms with Crippen LogP contribution in [-0.4, -0.2) is 15.6 Å². The Morgan fingerprint density at radius 2 is 2.19 bits per heavy atom. The predicted octanol–water partition coefficient (Wildman–Crippen LogP) is 2.81. The van der Waals surface area contributed by atoms with Crippen molar-refractivity contribution in [1.29, 1.82) is 0 Å². The fourth-order valence-electron chi connectivity index (χ4n) is 1.89. The van der Waals surface area contributed by atoms with Crippen molar-refractivity contribution in [3.8, 4) is 0 Å². The highest BCUT2D eigenvalue weighted by molar-refractivity contribution is 5.80. The van der Waals surface area contributed by atoms with Crippen LogP contribution in [0.4, 0.5) is 0 Å². The van der Waals surface area contributed by atoms with E-state index in [1.807, 2.05) is 6.20 Å². The number of aliphatic carboxylic acids is 1. The zero-order valence-electron chi connectivity index (χ0n) is 9.31. The highest BCUT2D eigenvalue weighted by Gasteiger charge is 2.02. The van der Waals surface area contributed by atoms with E-state index in [-0.39, 0.29) is 6.42 Å². The van der Waals surface area contributed by atoms with Crippen molar-refractivity contribution in [3.63, 3.8) is 0 Å². The number of carboxylic acids is 1. The third-order valence-corrected chi connectivity index (χ3v) is 2.72. The Hall–Kier alpha value is -1.77. The Labute approximate surface area is 94.3 Å². The van der Waals surface area contributed by atoms with Crippen LogP contribution in [0, 0.1) is 6.92 Å². The Kier molecular flexibility index (Phi) is 2.95. The molecule has 1 aromatic heterocycles. The molecule has 0 unspecified atom stereocenters. The minimum Gasteiger partial charge on any atom is -0.481 e. The maximum Gasteiger partial charge on any atom is 0.303 e. The van der Waals surface area contributed by atoms with Crippen LogP contribution < -0.4 is 0 Å². The van der Waals surface area contributed by atoms with Crippen molar-refractivity contribution in [1.82, 2.24) is 4.57 Å². The molecular formula is C13H15NO2. The molecule has 1 aromatic carbocycles. The van der Waals surface area contributed by atoms with Crippen molar-refractivity contribution < 1.29 is 9.90 Å². The number of nitrogens with zero attached hydrogens (tertiary/aromatic N) is 1. The smallest absolute Gasteiger partial charge is 0.303 e. The number of hydrogen-bond donors (Lipinski definition) is 1. The molecule has 84 valence electrons. The summed E-state index contributed by atoms with van der Waals surface area (Å²) in [6.45, 7) is 2.83.